The lowest BCUT2D eigenvalue weighted by atomic mass is 10.2. The fourth-order valence-corrected chi connectivity index (χ4v) is 1.31. The summed E-state index contributed by atoms with van der Waals surface area (Å²) < 4.78 is 1.75. The predicted molar refractivity (Wildman–Crippen MR) is 54.0 cm³/mol. The maximum Gasteiger partial charge on any atom is 0.145 e. The molecule has 0 saturated carbocycles. The molecular formula is C10H12N4. The smallest absolute Gasteiger partial charge is 0.145 e. The maximum atomic E-state index is 5.54. The summed E-state index contributed by atoms with van der Waals surface area (Å²) in [6.07, 6.45) is 1.52. The van der Waals surface area contributed by atoms with Gasteiger partial charge < -0.3 is 5.73 Å². The van der Waals surface area contributed by atoms with Crippen molar-refractivity contribution in [2.45, 2.75) is 13.5 Å². The molecule has 14 heavy (non-hydrogen) atoms. The highest BCUT2D eigenvalue weighted by Gasteiger charge is 2.03. The van der Waals surface area contributed by atoms with E-state index < -0.39 is 0 Å². The van der Waals surface area contributed by atoms with Gasteiger partial charge in [-0.1, -0.05) is 17.7 Å². The van der Waals surface area contributed by atoms with Gasteiger partial charge in [-0.3, -0.25) is 0 Å². The van der Waals surface area contributed by atoms with Crippen LogP contribution >= 0.6 is 0 Å². The van der Waals surface area contributed by atoms with Crippen LogP contribution in [0.2, 0.25) is 0 Å². The van der Waals surface area contributed by atoms with E-state index in [2.05, 4.69) is 17.0 Å². The van der Waals surface area contributed by atoms with Crippen LogP contribution in [0.3, 0.4) is 0 Å². The van der Waals surface area contributed by atoms with Gasteiger partial charge in [-0.2, -0.15) is 5.10 Å². The van der Waals surface area contributed by atoms with Crippen molar-refractivity contribution in [1.29, 1.82) is 0 Å². The Balaban J connectivity index is 2.44. The second-order valence-electron chi connectivity index (χ2n) is 3.13. The summed E-state index contributed by atoms with van der Waals surface area (Å²) in [5.41, 5.74) is 7.76. The highest BCUT2D eigenvalue weighted by molar-refractivity contribution is 5.33. The average molecular weight is 188 g/mol. The van der Waals surface area contributed by atoms with E-state index >= 15 is 0 Å². The summed E-state index contributed by atoms with van der Waals surface area (Å²) >= 11 is 0. The molecule has 2 N–H and O–H groups in total. The molecule has 0 unspecified atom stereocenters. The molecule has 0 atom stereocenters. The minimum atomic E-state index is 0.397. The Morgan fingerprint density at radius 2 is 2.00 bits per heavy atom. The van der Waals surface area contributed by atoms with Crippen molar-refractivity contribution in [3.8, 4) is 5.69 Å². The Morgan fingerprint density at radius 3 is 2.64 bits per heavy atom. The highest BCUT2D eigenvalue weighted by Crippen LogP contribution is 2.09. The topological polar surface area (TPSA) is 56.7 Å². The lowest BCUT2D eigenvalue weighted by Crippen LogP contribution is -2.07. The number of hydrogen-bond donors (Lipinski definition) is 1. The number of rotatable bonds is 2. The summed E-state index contributed by atoms with van der Waals surface area (Å²) in [5, 5.41) is 4.11. The van der Waals surface area contributed by atoms with E-state index in [1.165, 1.54) is 11.9 Å². The second kappa shape index (κ2) is 3.59. The monoisotopic (exact) mass is 188 g/mol. The fourth-order valence-electron chi connectivity index (χ4n) is 1.31. The van der Waals surface area contributed by atoms with Crippen molar-refractivity contribution in [3.63, 3.8) is 0 Å². The Hall–Kier alpha value is -1.68. The fraction of sp³-hybridized carbons (Fsp3) is 0.200. The molecule has 0 bridgehead atoms. The van der Waals surface area contributed by atoms with Crippen LogP contribution in [0.25, 0.3) is 5.69 Å². The zero-order valence-electron chi connectivity index (χ0n) is 8.01. The highest BCUT2D eigenvalue weighted by atomic mass is 15.3. The number of aromatic nitrogens is 3. The van der Waals surface area contributed by atoms with Crippen molar-refractivity contribution < 1.29 is 0 Å². The van der Waals surface area contributed by atoms with Gasteiger partial charge in [-0.15, -0.1) is 0 Å². The van der Waals surface area contributed by atoms with Gasteiger partial charge in [-0.05, 0) is 19.1 Å². The van der Waals surface area contributed by atoms with Crippen LogP contribution in [0, 0.1) is 6.92 Å². The minimum Gasteiger partial charge on any atom is -0.324 e. The molecule has 2 rings (SSSR count). The van der Waals surface area contributed by atoms with Crippen molar-refractivity contribution in [2.24, 2.45) is 5.73 Å². The second-order valence-corrected chi connectivity index (χ2v) is 3.13. The maximum absolute atomic E-state index is 5.54. The molecular weight excluding hydrogens is 176 g/mol. The lowest BCUT2D eigenvalue weighted by Gasteiger charge is -2.03. The van der Waals surface area contributed by atoms with E-state index in [9.17, 15) is 0 Å². The first-order chi connectivity index (χ1) is 6.81. The molecule has 0 amide bonds. The SMILES string of the molecule is Cc1ccc(-n2ncnc2CN)cc1. The van der Waals surface area contributed by atoms with Gasteiger partial charge in [0.15, 0.2) is 0 Å². The lowest BCUT2D eigenvalue weighted by molar-refractivity contribution is 0.789. The van der Waals surface area contributed by atoms with E-state index in [4.69, 9.17) is 5.73 Å². The number of hydrogen-bond acceptors (Lipinski definition) is 3. The number of benzene rings is 1. The number of nitrogens with zero attached hydrogens (tertiary/aromatic N) is 3. The molecule has 0 radical (unpaired) electrons. The van der Waals surface area contributed by atoms with Crippen molar-refractivity contribution in [1.82, 2.24) is 14.8 Å². The van der Waals surface area contributed by atoms with Crippen LogP contribution in [-0.4, -0.2) is 14.8 Å². The third kappa shape index (κ3) is 1.52. The van der Waals surface area contributed by atoms with Gasteiger partial charge >= 0.3 is 0 Å². The van der Waals surface area contributed by atoms with Gasteiger partial charge in [0, 0.05) is 0 Å². The largest absolute Gasteiger partial charge is 0.324 e. The minimum absolute atomic E-state index is 0.397. The van der Waals surface area contributed by atoms with Crippen LogP contribution in [-0.2, 0) is 6.54 Å². The Labute approximate surface area is 82.4 Å². The predicted octanol–water partition coefficient (Wildman–Crippen LogP) is 1.03. The van der Waals surface area contributed by atoms with E-state index in [0.29, 0.717) is 6.54 Å². The van der Waals surface area contributed by atoms with Crippen LogP contribution in [0.4, 0.5) is 0 Å². The Kier molecular flexibility index (Phi) is 2.28. The zero-order valence-corrected chi connectivity index (χ0v) is 8.01. The van der Waals surface area contributed by atoms with Gasteiger partial charge in [0.1, 0.15) is 12.2 Å². The molecule has 4 heteroatoms. The van der Waals surface area contributed by atoms with Crippen molar-refractivity contribution >= 4 is 0 Å². The van der Waals surface area contributed by atoms with E-state index in [1.807, 2.05) is 24.3 Å². The van der Waals surface area contributed by atoms with Gasteiger partial charge in [0.25, 0.3) is 0 Å². The third-order valence-electron chi connectivity index (χ3n) is 2.08. The Bertz CT molecular complexity index is 416. The van der Waals surface area contributed by atoms with E-state index in [0.717, 1.165) is 11.5 Å². The van der Waals surface area contributed by atoms with Gasteiger partial charge in [0.2, 0.25) is 0 Å². The molecule has 0 aliphatic heterocycles. The third-order valence-corrected chi connectivity index (χ3v) is 2.08. The van der Waals surface area contributed by atoms with Crippen LogP contribution in [0.1, 0.15) is 11.4 Å². The molecule has 1 aromatic heterocycles. The molecule has 1 heterocycles. The van der Waals surface area contributed by atoms with E-state index in [1.54, 1.807) is 4.68 Å². The molecule has 72 valence electrons. The molecule has 0 aliphatic carbocycles. The summed E-state index contributed by atoms with van der Waals surface area (Å²) in [7, 11) is 0. The van der Waals surface area contributed by atoms with Gasteiger partial charge in [-0.25, -0.2) is 9.67 Å². The first kappa shape index (κ1) is 8.90. The molecule has 2 aromatic rings. The molecule has 4 nitrogen and oxygen atoms in total. The van der Waals surface area contributed by atoms with Crippen LogP contribution < -0.4 is 5.73 Å². The zero-order chi connectivity index (χ0) is 9.97. The van der Waals surface area contributed by atoms with E-state index in [-0.39, 0.29) is 0 Å². The molecule has 1 aromatic carbocycles. The standard InChI is InChI=1S/C10H12N4/c1-8-2-4-9(5-3-8)14-10(6-11)12-7-13-14/h2-5,7H,6,11H2,1H3. The molecule has 0 spiro atoms. The first-order valence-electron chi connectivity index (χ1n) is 4.47. The molecule has 0 aliphatic rings. The summed E-state index contributed by atoms with van der Waals surface area (Å²) in [5.74, 6) is 0.772. The van der Waals surface area contributed by atoms with Crippen molar-refractivity contribution in [3.05, 3.63) is 42.0 Å². The van der Waals surface area contributed by atoms with Crippen molar-refractivity contribution in [2.75, 3.05) is 0 Å². The summed E-state index contributed by atoms with van der Waals surface area (Å²) in [6, 6.07) is 8.08. The Morgan fingerprint density at radius 1 is 1.29 bits per heavy atom. The quantitative estimate of drug-likeness (QED) is 0.766. The first-order valence-corrected chi connectivity index (χ1v) is 4.47. The number of aryl methyl sites for hydroxylation is 1. The number of nitrogens with two attached hydrogens (primary N) is 1. The average Bonchev–Trinajstić information content (AvgIpc) is 2.67. The van der Waals surface area contributed by atoms with Gasteiger partial charge in [0.05, 0.1) is 12.2 Å². The normalized spacial score (nSPS) is 10.4. The summed E-state index contributed by atoms with van der Waals surface area (Å²) in [4.78, 5) is 4.06. The molecule has 0 fully saturated rings. The summed E-state index contributed by atoms with van der Waals surface area (Å²) in [6.45, 7) is 2.45. The van der Waals surface area contributed by atoms with Crippen LogP contribution in [0.5, 0.6) is 0 Å². The van der Waals surface area contributed by atoms with Crippen LogP contribution in [0.15, 0.2) is 30.6 Å². The molecule has 0 saturated heterocycles.